The van der Waals surface area contributed by atoms with E-state index in [4.69, 9.17) is 4.74 Å². The van der Waals surface area contributed by atoms with Crippen LogP contribution in [0.4, 0.5) is 10.1 Å². The van der Waals surface area contributed by atoms with Gasteiger partial charge < -0.3 is 9.64 Å². The predicted octanol–water partition coefficient (Wildman–Crippen LogP) is 1.65. The molecule has 1 aromatic carbocycles. The summed E-state index contributed by atoms with van der Waals surface area (Å²) >= 11 is 0. The molecule has 0 aromatic heterocycles. The molecule has 1 aliphatic rings. The van der Waals surface area contributed by atoms with Gasteiger partial charge in [0.25, 0.3) is 0 Å². The lowest BCUT2D eigenvalue weighted by atomic mass is 10.2. The molecule has 1 fully saturated rings. The number of anilines is 1. The van der Waals surface area contributed by atoms with Gasteiger partial charge in [0.05, 0.1) is 12.3 Å². The van der Waals surface area contributed by atoms with Crippen LogP contribution >= 0.6 is 0 Å². The highest BCUT2D eigenvalue weighted by Crippen LogP contribution is 2.24. The van der Waals surface area contributed by atoms with E-state index in [0.29, 0.717) is 18.0 Å². The van der Waals surface area contributed by atoms with E-state index in [1.165, 1.54) is 6.07 Å². The van der Waals surface area contributed by atoms with Crippen LogP contribution in [0.5, 0.6) is 5.75 Å². The normalized spacial score (nSPS) is 16.2. The quantitative estimate of drug-likeness (QED) is 0.779. The van der Waals surface area contributed by atoms with Crippen molar-refractivity contribution in [3.63, 3.8) is 0 Å². The molecule has 1 heterocycles. The number of hydrogen-bond acceptors (Lipinski definition) is 2. The second-order valence-electron chi connectivity index (χ2n) is 3.70. The standard InChI is InChI=1S/C12H16FN2O/c1-2-16-10-3-4-12(11(13)9-10)15-7-5-14-6-8-15/h3-4,9H,2,5-8H2,1H3. The van der Waals surface area contributed by atoms with Gasteiger partial charge in [-0.3, -0.25) is 0 Å². The molecule has 0 unspecified atom stereocenters. The Balaban J connectivity index is 2.14. The van der Waals surface area contributed by atoms with Gasteiger partial charge in [0.15, 0.2) is 0 Å². The van der Waals surface area contributed by atoms with Crippen molar-refractivity contribution in [1.29, 1.82) is 0 Å². The van der Waals surface area contributed by atoms with E-state index in [2.05, 4.69) is 5.32 Å². The highest BCUT2D eigenvalue weighted by molar-refractivity contribution is 5.51. The molecule has 1 saturated heterocycles. The van der Waals surface area contributed by atoms with Crippen LogP contribution in [0.3, 0.4) is 0 Å². The number of piperazine rings is 1. The van der Waals surface area contributed by atoms with Crippen LogP contribution in [0, 0.1) is 5.82 Å². The zero-order valence-corrected chi connectivity index (χ0v) is 9.45. The fourth-order valence-electron chi connectivity index (χ4n) is 1.85. The molecule has 0 amide bonds. The maximum atomic E-state index is 13.8. The summed E-state index contributed by atoms with van der Waals surface area (Å²) in [6, 6.07) is 5.05. The molecule has 1 aromatic rings. The molecule has 0 aliphatic carbocycles. The fraction of sp³-hybridized carbons (Fsp3) is 0.500. The Morgan fingerprint density at radius 1 is 1.38 bits per heavy atom. The lowest BCUT2D eigenvalue weighted by molar-refractivity contribution is 0.338. The van der Waals surface area contributed by atoms with E-state index < -0.39 is 0 Å². The van der Waals surface area contributed by atoms with Gasteiger partial charge in [0, 0.05) is 32.2 Å². The van der Waals surface area contributed by atoms with Gasteiger partial charge in [-0.05, 0) is 19.1 Å². The third-order valence-electron chi connectivity index (χ3n) is 2.63. The number of benzene rings is 1. The molecule has 16 heavy (non-hydrogen) atoms. The highest BCUT2D eigenvalue weighted by Gasteiger charge is 2.15. The molecule has 0 atom stereocenters. The third kappa shape index (κ3) is 2.44. The van der Waals surface area contributed by atoms with Gasteiger partial charge in [-0.15, -0.1) is 0 Å². The van der Waals surface area contributed by atoms with Crippen LogP contribution in [0.15, 0.2) is 18.2 Å². The second kappa shape index (κ2) is 5.16. The smallest absolute Gasteiger partial charge is 0.150 e. The van der Waals surface area contributed by atoms with Gasteiger partial charge in [-0.2, -0.15) is 0 Å². The van der Waals surface area contributed by atoms with Crippen molar-refractivity contribution in [2.24, 2.45) is 0 Å². The van der Waals surface area contributed by atoms with Crippen molar-refractivity contribution < 1.29 is 9.13 Å². The van der Waals surface area contributed by atoms with E-state index in [9.17, 15) is 4.39 Å². The molecule has 3 nitrogen and oxygen atoms in total. The van der Waals surface area contributed by atoms with Gasteiger partial charge in [0.2, 0.25) is 0 Å². The number of nitrogens with zero attached hydrogens (tertiary/aromatic N) is 2. The number of rotatable bonds is 3. The molecule has 1 radical (unpaired) electrons. The first-order chi connectivity index (χ1) is 7.81. The Kier molecular flexibility index (Phi) is 3.62. The second-order valence-corrected chi connectivity index (χ2v) is 3.70. The topological polar surface area (TPSA) is 26.6 Å². The van der Waals surface area contributed by atoms with E-state index >= 15 is 0 Å². The van der Waals surface area contributed by atoms with Crippen LogP contribution in [-0.4, -0.2) is 32.8 Å². The minimum atomic E-state index is -0.215. The summed E-state index contributed by atoms with van der Waals surface area (Å²) in [5, 5.41) is 4.24. The first-order valence-electron chi connectivity index (χ1n) is 5.62. The summed E-state index contributed by atoms with van der Waals surface area (Å²) in [6.07, 6.45) is 0. The molecule has 0 saturated carbocycles. The lowest BCUT2D eigenvalue weighted by Gasteiger charge is -2.28. The summed E-state index contributed by atoms with van der Waals surface area (Å²) in [6.45, 7) is 5.61. The first-order valence-corrected chi connectivity index (χ1v) is 5.62. The first kappa shape index (κ1) is 11.2. The van der Waals surface area contributed by atoms with Crippen molar-refractivity contribution in [1.82, 2.24) is 5.32 Å². The molecule has 2 rings (SSSR count). The number of ether oxygens (including phenoxy) is 1. The summed E-state index contributed by atoms with van der Waals surface area (Å²) < 4.78 is 19.1. The monoisotopic (exact) mass is 223 g/mol. The molecular formula is C12H16FN2O. The summed E-state index contributed by atoms with van der Waals surface area (Å²) in [5.74, 6) is 0.373. The number of hydrogen-bond donors (Lipinski definition) is 0. The Hall–Kier alpha value is -1.29. The molecule has 87 valence electrons. The van der Waals surface area contributed by atoms with Crippen LogP contribution in [0.25, 0.3) is 0 Å². The van der Waals surface area contributed by atoms with Crippen LogP contribution in [-0.2, 0) is 0 Å². The maximum absolute atomic E-state index is 13.8. The Labute approximate surface area is 95.2 Å². The van der Waals surface area contributed by atoms with E-state index in [0.717, 1.165) is 26.2 Å². The van der Waals surface area contributed by atoms with E-state index in [-0.39, 0.29) is 5.82 Å². The van der Waals surface area contributed by atoms with Crippen molar-refractivity contribution in [3.8, 4) is 5.75 Å². The van der Waals surface area contributed by atoms with Crippen molar-refractivity contribution >= 4 is 5.69 Å². The van der Waals surface area contributed by atoms with E-state index in [1.807, 2.05) is 17.9 Å². The van der Waals surface area contributed by atoms with Gasteiger partial charge in [-0.1, -0.05) is 0 Å². The summed E-state index contributed by atoms with van der Waals surface area (Å²) in [4.78, 5) is 2.03. The van der Waals surface area contributed by atoms with Crippen molar-refractivity contribution in [3.05, 3.63) is 24.0 Å². The number of halogens is 1. The Morgan fingerprint density at radius 2 is 2.12 bits per heavy atom. The van der Waals surface area contributed by atoms with Crippen LogP contribution in [0.2, 0.25) is 0 Å². The fourth-order valence-corrected chi connectivity index (χ4v) is 1.85. The van der Waals surface area contributed by atoms with Gasteiger partial charge in [0.1, 0.15) is 11.6 Å². The lowest BCUT2D eigenvalue weighted by Crippen LogP contribution is -2.40. The largest absolute Gasteiger partial charge is 0.494 e. The highest BCUT2D eigenvalue weighted by atomic mass is 19.1. The molecule has 4 heteroatoms. The summed E-state index contributed by atoms with van der Waals surface area (Å²) in [7, 11) is 0. The molecule has 0 bridgehead atoms. The zero-order chi connectivity index (χ0) is 11.4. The minimum absolute atomic E-state index is 0.215. The predicted molar refractivity (Wildman–Crippen MR) is 61.7 cm³/mol. The zero-order valence-electron chi connectivity index (χ0n) is 9.45. The van der Waals surface area contributed by atoms with E-state index in [1.54, 1.807) is 6.07 Å². The third-order valence-corrected chi connectivity index (χ3v) is 2.63. The SMILES string of the molecule is CCOc1ccc(N2CC[N]CC2)c(F)c1. The Bertz CT molecular complexity index is 351. The van der Waals surface area contributed by atoms with Crippen molar-refractivity contribution in [2.45, 2.75) is 6.92 Å². The molecular weight excluding hydrogens is 207 g/mol. The van der Waals surface area contributed by atoms with Gasteiger partial charge >= 0.3 is 0 Å². The minimum Gasteiger partial charge on any atom is -0.494 e. The Morgan fingerprint density at radius 3 is 2.75 bits per heavy atom. The van der Waals surface area contributed by atoms with Crippen LogP contribution < -0.4 is 15.0 Å². The summed E-state index contributed by atoms with van der Waals surface area (Å²) in [5.41, 5.74) is 0.651. The van der Waals surface area contributed by atoms with Crippen LogP contribution in [0.1, 0.15) is 6.92 Å². The molecule has 0 spiro atoms. The molecule has 1 aliphatic heterocycles. The van der Waals surface area contributed by atoms with Gasteiger partial charge in [-0.25, -0.2) is 9.71 Å². The average molecular weight is 223 g/mol. The molecule has 0 N–H and O–H groups in total. The van der Waals surface area contributed by atoms with Crippen molar-refractivity contribution in [2.75, 3.05) is 37.7 Å². The maximum Gasteiger partial charge on any atom is 0.150 e. The average Bonchev–Trinajstić information content (AvgIpc) is 2.31.